The lowest BCUT2D eigenvalue weighted by Crippen LogP contribution is -2.31. The predicted molar refractivity (Wildman–Crippen MR) is 66.8 cm³/mol. The lowest BCUT2D eigenvalue weighted by molar-refractivity contribution is 0.166. The molecular formula is C15H26. The van der Waals surface area contributed by atoms with Crippen LogP contribution < -0.4 is 0 Å². The summed E-state index contributed by atoms with van der Waals surface area (Å²) < 4.78 is 0. The van der Waals surface area contributed by atoms with Crippen molar-refractivity contribution < 1.29 is 0 Å². The molecule has 0 radical (unpaired) electrons. The van der Waals surface area contributed by atoms with Gasteiger partial charge in [-0.25, -0.2) is 0 Å². The van der Waals surface area contributed by atoms with E-state index in [0.717, 1.165) is 17.8 Å². The Morgan fingerprint density at radius 1 is 1.40 bits per heavy atom. The summed E-state index contributed by atoms with van der Waals surface area (Å²) in [5.41, 5.74) is 2.20. The topological polar surface area (TPSA) is 0 Å². The first-order valence-electron chi connectivity index (χ1n) is 6.70. The van der Waals surface area contributed by atoms with Crippen molar-refractivity contribution >= 4 is 0 Å². The van der Waals surface area contributed by atoms with Crippen LogP contribution in [0.2, 0.25) is 0 Å². The Morgan fingerprint density at radius 3 is 2.80 bits per heavy atom. The molecule has 15 heavy (non-hydrogen) atoms. The molecular weight excluding hydrogens is 180 g/mol. The lowest BCUT2D eigenvalue weighted by Gasteiger charge is -2.40. The van der Waals surface area contributed by atoms with E-state index >= 15 is 0 Å². The van der Waals surface area contributed by atoms with Crippen LogP contribution in [-0.2, 0) is 0 Å². The van der Waals surface area contributed by atoms with E-state index in [2.05, 4.69) is 27.4 Å². The molecule has 86 valence electrons. The first-order chi connectivity index (χ1) is 7.03. The molecule has 2 fully saturated rings. The third-order valence-electron chi connectivity index (χ3n) is 4.77. The second-order valence-corrected chi connectivity index (χ2v) is 6.57. The minimum atomic E-state index is 0.620. The van der Waals surface area contributed by atoms with Gasteiger partial charge in [-0.1, -0.05) is 32.9 Å². The number of hydrogen-bond donors (Lipinski definition) is 0. The second-order valence-electron chi connectivity index (χ2n) is 6.57. The molecule has 0 heterocycles. The van der Waals surface area contributed by atoms with Crippen LogP contribution in [0.5, 0.6) is 0 Å². The summed E-state index contributed by atoms with van der Waals surface area (Å²) in [6.07, 6.45) is 8.46. The predicted octanol–water partition coefficient (Wildman–Crippen LogP) is 4.81. The van der Waals surface area contributed by atoms with Gasteiger partial charge in [0.2, 0.25) is 0 Å². The molecule has 2 rings (SSSR count). The summed E-state index contributed by atoms with van der Waals surface area (Å²) >= 11 is 0. The van der Waals surface area contributed by atoms with Crippen LogP contribution in [-0.4, -0.2) is 0 Å². The van der Waals surface area contributed by atoms with Crippen molar-refractivity contribution in [1.82, 2.24) is 0 Å². The van der Waals surface area contributed by atoms with Gasteiger partial charge in [-0.05, 0) is 61.7 Å². The van der Waals surface area contributed by atoms with Crippen molar-refractivity contribution in [2.45, 2.75) is 59.3 Å². The van der Waals surface area contributed by atoms with E-state index in [9.17, 15) is 0 Å². The van der Waals surface area contributed by atoms with Crippen LogP contribution in [0.1, 0.15) is 59.3 Å². The van der Waals surface area contributed by atoms with Gasteiger partial charge >= 0.3 is 0 Å². The van der Waals surface area contributed by atoms with E-state index < -0.39 is 0 Å². The van der Waals surface area contributed by atoms with Gasteiger partial charge in [0.1, 0.15) is 0 Å². The second kappa shape index (κ2) is 3.96. The zero-order valence-corrected chi connectivity index (χ0v) is 10.7. The summed E-state index contributed by atoms with van der Waals surface area (Å²) in [7, 11) is 0. The zero-order valence-electron chi connectivity index (χ0n) is 10.7. The Hall–Kier alpha value is -0.260. The van der Waals surface area contributed by atoms with Crippen LogP contribution in [0.25, 0.3) is 0 Å². The fraction of sp³-hybridized carbons (Fsp3) is 0.867. The molecule has 0 aromatic carbocycles. The summed E-state index contributed by atoms with van der Waals surface area (Å²) in [6.45, 7) is 11.6. The third kappa shape index (κ3) is 2.00. The van der Waals surface area contributed by atoms with Crippen LogP contribution in [0.15, 0.2) is 12.2 Å². The minimum Gasteiger partial charge on any atom is -0.0996 e. The molecule has 2 aliphatic rings. The molecule has 2 saturated carbocycles. The molecule has 0 aromatic rings. The smallest absolute Gasteiger partial charge is 0.0123 e. The standard InChI is InChI=1S/C15H26/c1-11(2)10-13-7-9-15(4)8-5-6-12(3)14(13)15/h11,13-14H,3,5-10H2,1-2,4H3. The van der Waals surface area contributed by atoms with E-state index in [0.29, 0.717) is 5.41 Å². The third-order valence-corrected chi connectivity index (χ3v) is 4.77. The number of hydrogen-bond acceptors (Lipinski definition) is 0. The SMILES string of the molecule is C=C1CCCC2(C)CCC(CC(C)C)C12. The van der Waals surface area contributed by atoms with Gasteiger partial charge in [0, 0.05) is 0 Å². The fourth-order valence-electron chi connectivity index (χ4n) is 4.25. The molecule has 0 N–H and O–H groups in total. The number of fused-ring (bicyclic) bond motifs is 1. The molecule has 0 amide bonds. The van der Waals surface area contributed by atoms with Gasteiger partial charge in [-0.2, -0.15) is 0 Å². The maximum atomic E-state index is 4.36. The van der Waals surface area contributed by atoms with E-state index in [4.69, 9.17) is 0 Å². The average molecular weight is 206 g/mol. The summed E-state index contributed by atoms with van der Waals surface area (Å²) in [5, 5.41) is 0. The molecule has 0 spiro atoms. The average Bonchev–Trinajstić information content (AvgIpc) is 2.43. The molecule has 0 aromatic heterocycles. The molecule has 0 bridgehead atoms. The monoisotopic (exact) mass is 206 g/mol. The van der Waals surface area contributed by atoms with Crippen molar-refractivity contribution in [2.24, 2.45) is 23.2 Å². The lowest BCUT2D eigenvalue weighted by atomic mass is 9.65. The summed E-state index contributed by atoms with van der Waals surface area (Å²) in [4.78, 5) is 0. The highest BCUT2D eigenvalue weighted by Gasteiger charge is 2.47. The van der Waals surface area contributed by atoms with Crippen molar-refractivity contribution in [1.29, 1.82) is 0 Å². The van der Waals surface area contributed by atoms with Crippen molar-refractivity contribution in [2.75, 3.05) is 0 Å². The summed E-state index contributed by atoms with van der Waals surface area (Å²) in [5.74, 6) is 2.66. The highest BCUT2D eigenvalue weighted by Crippen LogP contribution is 2.57. The zero-order chi connectivity index (χ0) is 11.1. The molecule has 0 saturated heterocycles. The minimum absolute atomic E-state index is 0.620. The van der Waals surface area contributed by atoms with Gasteiger partial charge in [-0.3, -0.25) is 0 Å². The van der Waals surface area contributed by atoms with E-state index in [-0.39, 0.29) is 0 Å². The van der Waals surface area contributed by atoms with E-state index in [1.54, 1.807) is 5.57 Å². The largest absolute Gasteiger partial charge is 0.0996 e. The highest BCUT2D eigenvalue weighted by atomic mass is 14.5. The van der Waals surface area contributed by atoms with Gasteiger partial charge in [-0.15, -0.1) is 0 Å². The first-order valence-corrected chi connectivity index (χ1v) is 6.70. The van der Waals surface area contributed by atoms with Gasteiger partial charge < -0.3 is 0 Å². The van der Waals surface area contributed by atoms with Crippen LogP contribution in [0, 0.1) is 23.2 Å². The number of allylic oxidation sites excluding steroid dienone is 1. The van der Waals surface area contributed by atoms with Gasteiger partial charge in [0.15, 0.2) is 0 Å². The Balaban J connectivity index is 2.13. The quantitative estimate of drug-likeness (QED) is 0.569. The Labute approximate surface area is 95.1 Å². The molecule has 0 heteroatoms. The van der Waals surface area contributed by atoms with Crippen molar-refractivity contribution in [3.8, 4) is 0 Å². The molecule has 0 nitrogen and oxygen atoms in total. The van der Waals surface area contributed by atoms with Crippen LogP contribution in [0.4, 0.5) is 0 Å². The molecule has 3 atom stereocenters. The van der Waals surface area contributed by atoms with Gasteiger partial charge in [0.25, 0.3) is 0 Å². The molecule has 2 aliphatic carbocycles. The first kappa shape index (κ1) is 11.2. The Morgan fingerprint density at radius 2 is 2.13 bits per heavy atom. The maximum absolute atomic E-state index is 4.36. The van der Waals surface area contributed by atoms with Crippen LogP contribution in [0.3, 0.4) is 0 Å². The van der Waals surface area contributed by atoms with Gasteiger partial charge in [0.05, 0.1) is 0 Å². The normalized spacial score (nSPS) is 40.9. The van der Waals surface area contributed by atoms with E-state index in [1.165, 1.54) is 38.5 Å². The Kier molecular flexibility index (Phi) is 2.96. The Bertz CT molecular complexity index is 251. The van der Waals surface area contributed by atoms with Crippen LogP contribution >= 0.6 is 0 Å². The van der Waals surface area contributed by atoms with Crippen molar-refractivity contribution in [3.05, 3.63) is 12.2 Å². The van der Waals surface area contributed by atoms with E-state index in [1.807, 2.05) is 0 Å². The number of rotatable bonds is 2. The van der Waals surface area contributed by atoms with Crippen molar-refractivity contribution in [3.63, 3.8) is 0 Å². The molecule has 3 unspecified atom stereocenters. The highest BCUT2D eigenvalue weighted by molar-refractivity contribution is 5.15. The summed E-state index contributed by atoms with van der Waals surface area (Å²) in [6, 6.07) is 0. The molecule has 0 aliphatic heterocycles. The maximum Gasteiger partial charge on any atom is -0.0123 e. The fourth-order valence-corrected chi connectivity index (χ4v) is 4.25.